The molecule has 100 valence electrons. The van der Waals surface area contributed by atoms with Crippen LogP contribution in [-0.2, 0) is 13.1 Å². The van der Waals surface area contributed by atoms with E-state index < -0.39 is 0 Å². The van der Waals surface area contributed by atoms with Crippen LogP contribution in [0.3, 0.4) is 0 Å². The van der Waals surface area contributed by atoms with Gasteiger partial charge in [-0.2, -0.15) is 0 Å². The third-order valence-corrected chi connectivity index (χ3v) is 4.78. The van der Waals surface area contributed by atoms with Crippen molar-refractivity contribution >= 4 is 0 Å². The van der Waals surface area contributed by atoms with Crippen molar-refractivity contribution in [2.75, 3.05) is 13.1 Å². The van der Waals surface area contributed by atoms with Gasteiger partial charge in [0.05, 0.1) is 6.54 Å². The van der Waals surface area contributed by atoms with Gasteiger partial charge in [0, 0.05) is 25.7 Å². The van der Waals surface area contributed by atoms with Gasteiger partial charge in [0.2, 0.25) is 0 Å². The normalized spacial score (nSPS) is 31.5. The quantitative estimate of drug-likeness (QED) is 0.844. The molecule has 0 amide bonds. The number of hydrogen-bond acceptors (Lipinski definition) is 4. The van der Waals surface area contributed by atoms with Gasteiger partial charge in [0.25, 0.3) is 0 Å². The van der Waals surface area contributed by atoms with E-state index in [0.717, 1.165) is 32.0 Å². The number of hydrogen-bond donors (Lipinski definition) is 1. The zero-order valence-corrected chi connectivity index (χ0v) is 11.3. The topological polar surface area (TPSA) is 60.0 Å². The summed E-state index contributed by atoms with van der Waals surface area (Å²) in [6.45, 7) is 8.72. The molecular weight excluding hydrogens is 226 g/mol. The molecule has 1 fully saturated rings. The molecule has 1 aliphatic carbocycles. The van der Waals surface area contributed by atoms with Crippen molar-refractivity contribution in [3.8, 4) is 0 Å². The number of nitrogens with zero attached hydrogens (tertiary/aromatic N) is 4. The number of aromatic nitrogens is 3. The van der Waals surface area contributed by atoms with E-state index in [0.29, 0.717) is 17.4 Å². The molecule has 1 aromatic rings. The van der Waals surface area contributed by atoms with Gasteiger partial charge < -0.3 is 10.3 Å². The van der Waals surface area contributed by atoms with E-state index in [-0.39, 0.29) is 0 Å². The lowest BCUT2D eigenvalue weighted by atomic mass is 9.85. The predicted octanol–water partition coefficient (Wildman–Crippen LogP) is 0.857. The average molecular weight is 249 g/mol. The average Bonchev–Trinajstić information content (AvgIpc) is 2.89. The zero-order chi connectivity index (χ0) is 12.8. The third-order valence-electron chi connectivity index (χ3n) is 4.78. The molecular formula is C13H23N5. The van der Waals surface area contributed by atoms with E-state index in [1.807, 2.05) is 6.33 Å². The molecule has 5 nitrogen and oxygen atoms in total. The van der Waals surface area contributed by atoms with Gasteiger partial charge in [0.1, 0.15) is 12.2 Å². The van der Waals surface area contributed by atoms with Crippen molar-refractivity contribution in [1.29, 1.82) is 0 Å². The van der Waals surface area contributed by atoms with Crippen LogP contribution >= 0.6 is 0 Å². The largest absolute Gasteiger partial charge is 0.327 e. The maximum Gasteiger partial charge on any atom is 0.147 e. The lowest BCUT2D eigenvalue weighted by Crippen LogP contribution is -2.44. The van der Waals surface area contributed by atoms with Crippen molar-refractivity contribution in [3.05, 3.63) is 12.2 Å². The van der Waals surface area contributed by atoms with Crippen molar-refractivity contribution < 1.29 is 0 Å². The minimum absolute atomic E-state index is 0.306. The van der Waals surface area contributed by atoms with Crippen molar-refractivity contribution in [1.82, 2.24) is 19.7 Å². The van der Waals surface area contributed by atoms with E-state index in [2.05, 4.69) is 33.5 Å². The van der Waals surface area contributed by atoms with Gasteiger partial charge in [-0.3, -0.25) is 4.90 Å². The highest BCUT2D eigenvalue weighted by Crippen LogP contribution is 2.40. The first-order valence-corrected chi connectivity index (χ1v) is 6.91. The Hall–Kier alpha value is -0.940. The lowest BCUT2D eigenvalue weighted by molar-refractivity contribution is 0.169. The molecule has 0 radical (unpaired) electrons. The van der Waals surface area contributed by atoms with Gasteiger partial charge in [0.15, 0.2) is 0 Å². The summed E-state index contributed by atoms with van der Waals surface area (Å²) in [5.41, 5.74) is 6.69. The maximum absolute atomic E-state index is 6.39. The molecule has 3 rings (SSSR count). The fourth-order valence-electron chi connectivity index (χ4n) is 3.35. The highest BCUT2D eigenvalue weighted by molar-refractivity contribution is 4.97. The second-order valence-corrected chi connectivity index (χ2v) is 6.49. The summed E-state index contributed by atoms with van der Waals surface area (Å²) in [6, 6.07) is 0.331. The van der Waals surface area contributed by atoms with Crippen LogP contribution in [-0.4, -0.2) is 38.8 Å². The summed E-state index contributed by atoms with van der Waals surface area (Å²) < 4.78 is 2.15. The minimum atomic E-state index is 0.306. The van der Waals surface area contributed by atoms with E-state index >= 15 is 0 Å². The highest BCUT2D eigenvalue weighted by atomic mass is 15.3. The second kappa shape index (κ2) is 4.31. The van der Waals surface area contributed by atoms with Gasteiger partial charge in [-0.1, -0.05) is 13.8 Å². The van der Waals surface area contributed by atoms with Crippen LogP contribution in [0.1, 0.15) is 32.5 Å². The zero-order valence-electron chi connectivity index (χ0n) is 11.3. The van der Waals surface area contributed by atoms with Gasteiger partial charge >= 0.3 is 0 Å². The molecule has 2 N–H and O–H groups in total. The molecule has 0 spiro atoms. The monoisotopic (exact) mass is 249 g/mol. The Morgan fingerprint density at radius 3 is 3.00 bits per heavy atom. The summed E-state index contributed by atoms with van der Waals surface area (Å²) in [6.07, 6.45) is 4.34. The van der Waals surface area contributed by atoms with Crippen LogP contribution in [0.2, 0.25) is 0 Å². The number of rotatable bonds is 2. The van der Waals surface area contributed by atoms with Crippen molar-refractivity contribution in [2.24, 2.45) is 17.1 Å². The Balaban J connectivity index is 1.62. The predicted molar refractivity (Wildman–Crippen MR) is 69.8 cm³/mol. The molecule has 5 heteroatoms. The molecule has 1 aliphatic heterocycles. The fraction of sp³-hybridized carbons (Fsp3) is 0.846. The summed E-state index contributed by atoms with van der Waals surface area (Å²) in [7, 11) is 0. The Labute approximate surface area is 108 Å². The Bertz CT molecular complexity index is 425. The first-order chi connectivity index (χ1) is 8.56. The van der Waals surface area contributed by atoms with Crippen LogP contribution in [0.5, 0.6) is 0 Å². The standard InChI is InChI=1S/C13H23N5/c1-13(2)4-3-10(12(13)14)7-17-5-6-18-9-15-16-11(18)8-17/h9-10,12H,3-8,14H2,1-2H3. The fourth-order valence-corrected chi connectivity index (χ4v) is 3.35. The second-order valence-electron chi connectivity index (χ2n) is 6.49. The maximum atomic E-state index is 6.39. The van der Waals surface area contributed by atoms with Crippen LogP contribution < -0.4 is 5.73 Å². The lowest BCUT2D eigenvalue weighted by Gasteiger charge is -2.32. The van der Waals surface area contributed by atoms with Gasteiger partial charge in [-0.05, 0) is 24.2 Å². The van der Waals surface area contributed by atoms with Crippen LogP contribution in [0.15, 0.2) is 6.33 Å². The molecule has 0 bridgehead atoms. The molecule has 2 heterocycles. The van der Waals surface area contributed by atoms with Crippen molar-refractivity contribution in [2.45, 2.75) is 45.8 Å². The summed E-state index contributed by atoms with van der Waals surface area (Å²) in [4.78, 5) is 2.48. The molecule has 1 saturated carbocycles. The van der Waals surface area contributed by atoms with Gasteiger partial charge in [-0.25, -0.2) is 0 Å². The third kappa shape index (κ3) is 2.06. The smallest absolute Gasteiger partial charge is 0.147 e. The molecule has 18 heavy (non-hydrogen) atoms. The Morgan fingerprint density at radius 1 is 1.44 bits per heavy atom. The minimum Gasteiger partial charge on any atom is -0.327 e. The molecule has 2 atom stereocenters. The molecule has 1 aromatic heterocycles. The van der Waals surface area contributed by atoms with Crippen LogP contribution in [0.25, 0.3) is 0 Å². The first-order valence-electron chi connectivity index (χ1n) is 6.91. The van der Waals surface area contributed by atoms with Crippen LogP contribution in [0.4, 0.5) is 0 Å². The van der Waals surface area contributed by atoms with E-state index in [1.165, 1.54) is 12.8 Å². The highest BCUT2D eigenvalue weighted by Gasteiger charge is 2.40. The molecule has 2 aliphatic rings. The SMILES string of the molecule is CC1(C)CCC(CN2CCn3cnnc3C2)C1N. The van der Waals surface area contributed by atoms with E-state index in [9.17, 15) is 0 Å². The molecule has 0 saturated heterocycles. The summed E-state index contributed by atoms with van der Waals surface area (Å²) in [5.74, 6) is 1.72. The first kappa shape index (κ1) is 12.1. The van der Waals surface area contributed by atoms with E-state index in [4.69, 9.17) is 5.73 Å². The Kier molecular flexibility index (Phi) is 2.90. The summed E-state index contributed by atoms with van der Waals surface area (Å²) >= 11 is 0. The molecule has 0 aromatic carbocycles. The molecule has 2 unspecified atom stereocenters. The van der Waals surface area contributed by atoms with E-state index in [1.54, 1.807) is 0 Å². The van der Waals surface area contributed by atoms with Gasteiger partial charge in [-0.15, -0.1) is 10.2 Å². The van der Waals surface area contributed by atoms with Crippen LogP contribution in [0, 0.1) is 11.3 Å². The number of nitrogens with two attached hydrogens (primary N) is 1. The Morgan fingerprint density at radius 2 is 2.28 bits per heavy atom. The number of fused-ring (bicyclic) bond motifs is 1. The summed E-state index contributed by atoms with van der Waals surface area (Å²) in [5, 5.41) is 8.14. The van der Waals surface area contributed by atoms with Crippen molar-refractivity contribution in [3.63, 3.8) is 0 Å².